The number of amides is 1. The Bertz CT molecular complexity index is 1310. The summed E-state index contributed by atoms with van der Waals surface area (Å²) in [6.45, 7) is 23.1. The molecule has 0 aromatic heterocycles. The molecule has 5 rings (SSSR count). The van der Waals surface area contributed by atoms with Crippen molar-refractivity contribution in [1.29, 1.82) is 0 Å². The van der Waals surface area contributed by atoms with Crippen molar-refractivity contribution in [3.8, 4) is 0 Å². The number of aldehydes is 2. The van der Waals surface area contributed by atoms with Crippen LogP contribution in [-0.2, 0) is 23.9 Å². The zero-order chi connectivity index (χ0) is 40.5. The van der Waals surface area contributed by atoms with Crippen LogP contribution in [0.4, 0.5) is 0 Å². The maximum atomic E-state index is 12.9. The van der Waals surface area contributed by atoms with Crippen molar-refractivity contribution in [2.75, 3.05) is 27.7 Å². The van der Waals surface area contributed by atoms with Gasteiger partial charge >= 0.3 is 5.97 Å². The minimum absolute atomic E-state index is 0.0426. The van der Waals surface area contributed by atoms with E-state index in [9.17, 15) is 14.4 Å². The van der Waals surface area contributed by atoms with Crippen LogP contribution in [-0.4, -0.2) is 73.9 Å². The number of aliphatic hydroxyl groups excluding tert-OH is 1. The number of carbonyl (C=O) groups is 4. The Hall–Kier alpha value is -2.52. The number of rotatable bonds is 10. The van der Waals surface area contributed by atoms with E-state index in [0.717, 1.165) is 58.3 Å². The molecule has 0 heterocycles. The van der Waals surface area contributed by atoms with Gasteiger partial charge in [-0.05, 0) is 117 Å². The first-order valence-electron chi connectivity index (χ1n) is 20.6. The molecule has 5 aliphatic carbocycles. The first-order chi connectivity index (χ1) is 25.0. The maximum Gasteiger partial charge on any atom is 0.307 e. The molecule has 0 aromatic carbocycles. The van der Waals surface area contributed by atoms with Crippen molar-refractivity contribution in [3.05, 3.63) is 22.9 Å². The van der Waals surface area contributed by atoms with Gasteiger partial charge in [0.2, 0.25) is 6.41 Å². The van der Waals surface area contributed by atoms with Gasteiger partial charge in [0.15, 0.2) is 0 Å². The van der Waals surface area contributed by atoms with E-state index in [-0.39, 0.29) is 41.1 Å². The summed E-state index contributed by atoms with van der Waals surface area (Å²) in [7, 11) is 5.29. The lowest BCUT2D eigenvalue weighted by Gasteiger charge is -2.67. The highest BCUT2D eigenvalue weighted by Crippen LogP contribution is 2.72. The summed E-state index contributed by atoms with van der Waals surface area (Å²) in [6, 6.07) is 0. The van der Waals surface area contributed by atoms with Crippen molar-refractivity contribution in [2.45, 2.75) is 146 Å². The molecular formula is C44H77N3O6. The van der Waals surface area contributed by atoms with Crippen LogP contribution in [0.1, 0.15) is 140 Å². The molecule has 0 bridgehead atoms. The standard InChI is InChI=1S/C40H64N2O4.C2H6.CH3NO.CH4O/c1-11-41(9)42(10)34(18-23-43)40-21-14-28(26(2)3)36(40)29-12-13-33-38(7)20-17-32(46-35(45)24-37(5,6)25-44)27(4)30(38)15-19-39(33,8)31(29)16-22-40;1-2;2-1-3;1-2/h18,23,25-27,29-33H,11-17,19-22,24H2,1-10H3;1-2H3;1H,(H2,2,3);2H,1H3/b34-18-;;;. The number of allylic oxidation sites excluding steroid dienone is 3. The number of primary amides is 1. The Labute approximate surface area is 322 Å². The Morgan fingerprint density at radius 2 is 1.53 bits per heavy atom. The third-order valence-electron chi connectivity index (χ3n) is 14.6. The van der Waals surface area contributed by atoms with E-state index in [1.54, 1.807) is 11.1 Å². The number of carbonyl (C=O) groups excluding carboxylic acids is 4. The third-order valence-corrected chi connectivity index (χ3v) is 14.6. The molecule has 9 atom stereocenters. The van der Waals surface area contributed by atoms with E-state index in [0.29, 0.717) is 35.5 Å². The zero-order valence-corrected chi connectivity index (χ0v) is 35.8. The second kappa shape index (κ2) is 19.4. The van der Waals surface area contributed by atoms with E-state index < -0.39 is 5.41 Å². The second-order valence-corrected chi connectivity index (χ2v) is 17.7. The van der Waals surface area contributed by atoms with Crippen LogP contribution in [0, 0.1) is 57.2 Å². The molecule has 0 radical (unpaired) electrons. The number of hydrazine groups is 1. The van der Waals surface area contributed by atoms with Crippen LogP contribution in [0.15, 0.2) is 22.9 Å². The van der Waals surface area contributed by atoms with Gasteiger partial charge < -0.3 is 25.4 Å². The average Bonchev–Trinajstić information content (AvgIpc) is 3.54. The van der Waals surface area contributed by atoms with E-state index in [4.69, 9.17) is 14.6 Å². The fourth-order valence-corrected chi connectivity index (χ4v) is 12.2. The van der Waals surface area contributed by atoms with Gasteiger partial charge in [0, 0.05) is 44.3 Å². The Morgan fingerprint density at radius 1 is 0.962 bits per heavy atom. The SMILES string of the molecule is CC.CCN(C)N(C)/C(=C\C=O)C12CCC(C(C)C)=C1C1CCC3C(C)(CCC4C(C)C(OC(=O)CC(C)(C)C=O)CCC43C)C1CC2.CO.NC=O. The molecule has 9 nitrogen and oxygen atoms in total. The molecule has 5 aliphatic rings. The van der Waals surface area contributed by atoms with Crippen LogP contribution in [0.3, 0.4) is 0 Å². The second-order valence-electron chi connectivity index (χ2n) is 17.7. The van der Waals surface area contributed by atoms with Gasteiger partial charge in [-0.25, -0.2) is 5.01 Å². The number of ether oxygens (including phenoxy) is 1. The molecule has 4 fully saturated rings. The molecule has 304 valence electrons. The van der Waals surface area contributed by atoms with Gasteiger partial charge in [0.25, 0.3) is 0 Å². The number of hydrogen-bond acceptors (Lipinski definition) is 8. The quantitative estimate of drug-likeness (QED) is 0.0754. The van der Waals surface area contributed by atoms with Gasteiger partial charge in [-0.1, -0.05) is 80.4 Å². The molecule has 1 amide bonds. The molecule has 9 heteroatoms. The highest BCUT2D eigenvalue weighted by molar-refractivity contribution is 5.75. The van der Waals surface area contributed by atoms with Gasteiger partial charge in [-0.2, -0.15) is 0 Å². The smallest absolute Gasteiger partial charge is 0.307 e. The number of nitrogens with two attached hydrogens (primary N) is 1. The Morgan fingerprint density at radius 3 is 2.08 bits per heavy atom. The lowest BCUT2D eigenvalue weighted by molar-refractivity contribution is -0.191. The number of fused-ring (bicyclic) bond motifs is 7. The Kier molecular flexibility index (Phi) is 17.0. The summed E-state index contributed by atoms with van der Waals surface area (Å²) in [4.78, 5) is 45.1. The predicted octanol–water partition coefficient (Wildman–Crippen LogP) is 8.15. The topological polar surface area (TPSA) is 130 Å². The van der Waals surface area contributed by atoms with Crippen LogP contribution in [0.2, 0.25) is 0 Å². The summed E-state index contributed by atoms with van der Waals surface area (Å²) >= 11 is 0. The zero-order valence-electron chi connectivity index (χ0n) is 35.8. The van der Waals surface area contributed by atoms with E-state index in [1.165, 1.54) is 37.8 Å². The van der Waals surface area contributed by atoms with Crippen LogP contribution in [0.25, 0.3) is 0 Å². The molecule has 0 aliphatic heterocycles. The largest absolute Gasteiger partial charge is 0.462 e. The molecule has 9 unspecified atom stereocenters. The van der Waals surface area contributed by atoms with Gasteiger partial charge in [-0.15, -0.1) is 0 Å². The molecule has 3 N–H and O–H groups in total. The van der Waals surface area contributed by atoms with Gasteiger partial charge in [-0.3, -0.25) is 14.4 Å². The monoisotopic (exact) mass is 744 g/mol. The molecular weight excluding hydrogens is 666 g/mol. The first-order valence-corrected chi connectivity index (χ1v) is 20.6. The number of esters is 1. The lowest BCUT2D eigenvalue weighted by atomic mass is 9.38. The minimum atomic E-state index is -0.679. The van der Waals surface area contributed by atoms with Crippen LogP contribution < -0.4 is 5.73 Å². The van der Waals surface area contributed by atoms with Crippen LogP contribution in [0.5, 0.6) is 0 Å². The highest BCUT2D eigenvalue weighted by Gasteiger charge is 2.65. The fourth-order valence-electron chi connectivity index (χ4n) is 12.2. The lowest BCUT2D eigenvalue weighted by Crippen LogP contribution is -2.61. The van der Waals surface area contributed by atoms with Crippen molar-refractivity contribution in [2.24, 2.45) is 62.9 Å². The van der Waals surface area contributed by atoms with Crippen molar-refractivity contribution >= 4 is 25.0 Å². The summed E-state index contributed by atoms with van der Waals surface area (Å²) in [5, 5.41) is 11.5. The third kappa shape index (κ3) is 8.98. The normalized spacial score (nSPS) is 34.6. The predicted molar refractivity (Wildman–Crippen MR) is 214 cm³/mol. The van der Waals surface area contributed by atoms with Crippen molar-refractivity contribution in [3.63, 3.8) is 0 Å². The summed E-state index contributed by atoms with van der Waals surface area (Å²) < 4.78 is 6.12. The van der Waals surface area contributed by atoms with E-state index in [2.05, 4.69) is 71.4 Å². The molecule has 4 saturated carbocycles. The fraction of sp³-hybridized carbons (Fsp3) is 0.818. The van der Waals surface area contributed by atoms with Gasteiger partial charge in [0.1, 0.15) is 18.7 Å². The summed E-state index contributed by atoms with van der Waals surface area (Å²) in [5.74, 6) is 3.10. The van der Waals surface area contributed by atoms with Crippen LogP contribution >= 0.6 is 0 Å². The molecule has 0 spiro atoms. The Balaban J connectivity index is 0.00000130. The minimum Gasteiger partial charge on any atom is -0.462 e. The number of aliphatic hydroxyl groups is 1. The summed E-state index contributed by atoms with van der Waals surface area (Å²) in [6.07, 6.45) is 15.8. The van der Waals surface area contributed by atoms with Crippen molar-refractivity contribution in [1.82, 2.24) is 10.0 Å². The summed E-state index contributed by atoms with van der Waals surface area (Å²) in [5.41, 5.74) is 8.58. The van der Waals surface area contributed by atoms with E-state index in [1.807, 2.05) is 33.8 Å². The molecule has 0 saturated heterocycles. The highest BCUT2D eigenvalue weighted by atomic mass is 16.5. The molecule has 0 aromatic rings. The average molecular weight is 744 g/mol. The van der Waals surface area contributed by atoms with E-state index >= 15 is 0 Å². The number of nitrogens with zero attached hydrogens (tertiary/aromatic N) is 2. The molecule has 53 heavy (non-hydrogen) atoms. The maximum absolute atomic E-state index is 12.9. The first kappa shape index (κ1) is 46.6. The van der Waals surface area contributed by atoms with Gasteiger partial charge in [0.05, 0.1) is 6.42 Å². The van der Waals surface area contributed by atoms with Crippen molar-refractivity contribution < 1.29 is 29.0 Å². The number of hydrogen-bond donors (Lipinski definition) is 2.